The molecular formula is C5H12N2O. The van der Waals surface area contributed by atoms with Crippen molar-refractivity contribution >= 4 is 0 Å². The van der Waals surface area contributed by atoms with Gasteiger partial charge in [0.2, 0.25) is 0 Å². The molecule has 8 heavy (non-hydrogen) atoms. The van der Waals surface area contributed by atoms with Gasteiger partial charge < -0.3 is 16.2 Å². The van der Waals surface area contributed by atoms with E-state index in [0.29, 0.717) is 19.1 Å². The lowest BCUT2D eigenvalue weighted by molar-refractivity contribution is 0.193. The summed E-state index contributed by atoms with van der Waals surface area (Å²) >= 11 is 0. The predicted octanol–water partition coefficient (Wildman–Crippen LogP) is -1.33. The van der Waals surface area contributed by atoms with E-state index in [0.717, 1.165) is 6.42 Å². The van der Waals surface area contributed by atoms with Crippen LogP contribution in [0.25, 0.3) is 0 Å². The second-order valence-corrected chi connectivity index (χ2v) is 2.23. The standard InChI is InChI=1S/C5H12N2O/c6-2-4-1-5(8)3-7-4/h4-5,7-8H,1-3,6H2/t4-,5-/m0/s1. The molecule has 0 spiro atoms. The third-order valence-electron chi connectivity index (χ3n) is 1.48. The third-order valence-corrected chi connectivity index (χ3v) is 1.48. The van der Waals surface area contributed by atoms with Gasteiger partial charge in [0, 0.05) is 19.1 Å². The molecule has 0 unspecified atom stereocenters. The van der Waals surface area contributed by atoms with Crippen LogP contribution in [0.1, 0.15) is 6.42 Å². The molecule has 0 radical (unpaired) electrons. The highest BCUT2D eigenvalue weighted by molar-refractivity contribution is 4.80. The van der Waals surface area contributed by atoms with E-state index in [4.69, 9.17) is 10.8 Å². The zero-order chi connectivity index (χ0) is 5.98. The normalized spacial score (nSPS) is 38.2. The number of aliphatic hydroxyl groups excluding tert-OH is 1. The van der Waals surface area contributed by atoms with Crippen LogP contribution in [0.4, 0.5) is 0 Å². The number of rotatable bonds is 1. The molecule has 1 saturated heterocycles. The molecule has 0 aromatic rings. The zero-order valence-electron chi connectivity index (χ0n) is 4.80. The summed E-state index contributed by atoms with van der Waals surface area (Å²) in [7, 11) is 0. The number of nitrogens with two attached hydrogens (primary N) is 1. The third kappa shape index (κ3) is 1.18. The van der Waals surface area contributed by atoms with Crippen molar-refractivity contribution < 1.29 is 5.11 Å². The van der Waals surface area contributed by atoms with Crippen LogP contribution in [0.3, 0.4) is 0 Å². The maximum Gasteiger partial charge on any atom is 0.0680 e. The van der Waals surface area contributed by atoms with Gasteiger partial charge in [-0.3, -0.25) is 0 Å². The number of hydrogen-bond acceptors (Lipinski definition) is 3. The van der Waals surface area contributed by atoms with Crippen molar-refractivity contribution in [1.29, 1.82) is 0 Å². The van der Waals surface area contributed by atoms with Crippen molar-refractivity contribution in [2.45, 2.75) is 18.6 Å². The molecule has 1 rings (SSSR count). The molecule has 1 heterocycles. The summed E-state index contributed by atoms with van der Waals surface area (Å²) in [5, 5.41) is 12.0. The lowest BCUT2D eigenvalue weighted by Gasteiger charge is -2.02. The van der Waals surface area contributed by atoms with Gasteiger partial charge in [0.25, 0.3) is 0 Å². The highest BCUT2D eigenvalue weighted by Crippen LogP contribution is 2.03. The Bertz CT molecular complexity index is 76.8. The summed E-state index contributed by atoms with van der Waals surface area (Å²) in [4.78, 5) is 0. The Morgan fingerprint density at radius 2 is 2.50 bits per heavy atom. The Hall–Kier alpha value is -0.120. The second kappa shape index (κ2) is 2.44. The monoisotopic (exact) mass is 116 g/mol. The van der Waals surface area contributed by atoms with Crippen LogP contribution in [0.5, 0.6) is 0 Å². The fraction of sp³-hybridized carbons (Fsp3) is 1.00. The fourth-order valence-electron chi connectivity index (χ4n) is 0.977. The fourth-order valence-corrected chi connectivity index (χ4v) is 0.977. The van der Waals surface area contributed by atoms with Gasteiger partial charge in [0.1, 0.15) is 0 Å². The van der Waals surface area contributed by atoms with Crippen LogP contribution >= 0.6 is 0 Å². The minimum atomic E-state index is -0.163. The van der Waals surface area contributed by atoms with Crippen molar-refractivity contribution in [3.8, 4) is 0 Å². The molecule has 4 N–H and O–H groups in total. The van der Waals surface area contributed by atoms with Gasteiger partial charge in [-0.2, -0.15) is 0 Å². The minimum absolute atomic E-state index is 0.163. The van der Waals surface area contributed by atoms with E-state index in [-0.39, 0.29) is 6.10 Å². The molecule has 0 saturated carbocycles. The van der Waals surface area contributed by atoms with Crippen molar-refractivity contribution in [2.75, 3.05) is 13.1 Å². The average Bonchev–Trinajstić information content (AvgIpc) is 2.14. The first-order valence-corrected chi connectivity index (χ1v) is 2.94. The molecule has 0 aromatic carbocycles. The van der Waals surface area contributed by atoms with Gasteiger partial charge in [0.15, 0.2) is 0 Å². The van der Waals surface area contributed by atoms with Gasteiger partial charge in [-0.15, -0.1) is 0 Å². The first kappa shape index (κ1) is 6.01. The number of β-amino-alcohol motifs (C(OH)–C–C–N with tert-alkyl or cyclic N) is 1. The predicted molar refractivity (Wildman–Crippen MR) is 31.5 cm³/mol. The van der Waals surface area contributed by atoms with Crippen molar-refractivity contribution in [1.82, 2.24) is 5.32 Å². The molecular weight excluding hydrogens is 104 g/mol. The van der Waals surface area contributed by atoms with E-state index in [2.05, 4.69) is 5.32 Å². The van der Waals surface area contributed by atoms with Crippen LogP contribution in [0.15, 0.2) is 0 Å². The summed E-state index contributed by atoms with van der Waals surface area (Å²) in [5.41, 5.74) is 5.32. The largest absolute Gasteiger partial charge is 0.392 e. The van der Waals surface area contributed by atoms with E-state index in [1.54, 1.807) is 0 Å². The minimum Gasteiger partial charge on any atom is -0.392 e. The van der Waals surface area contributed by atoms with E-state index in [1.807, 2.05) is 0 Å². The maximum absolute atomic E-state index is 8.91. The first-order chi connectivity index (χ1) is 3.83. The Morgan fingerprint density at radius 1 is 1.75 bits per heavy atom. The maximum atomic E-state index is 8.91. The molecule has 3 heteroatoms. The number of hydrogen-bond donors (Lipinski definition) is 3. The summed E-state index contributed by atoms with van der Waals surface area (Å²) in [5.74, 6) is 0. The van der Waals surface area contributed by atoms with Gasteiger partial charge in [-0.05, 0) is 6.42 Å². The van der Waals surface area contributed by atoms with Crippen molar-refractivity contribution in [2.24, 2.45) is 5.73 Å². The number of nitrogens with one attached hydrogen (secondary N) is 1. The molecule has 0 bridgehead atoms. The second-order valence-electron chi connectivity index (χ2n) is 2.23. The molecule has 48 valence electrons. The van der Waals surface area contributed by atoms with E-state index in [1.165, 1.54) is 0 Å². The van der Waals surface area contributed by atoms with Crippen LogP contribution in [0.2, 0.25) is 0 Å². The molecule has 0 aromatic heterocycles. The highest BCUT2D eigenvalue weighted by atomic mass is 16.3. The molecule has 1 aliphatic rings. The van der Waals surface area contributed by atoms with Gasteiger partial charge in [-0.1, -0.05) is 0 Å². The zero-order valence-corrected chi connectivity index (χ0v) is 4.80. The SMILES string of the molecule is NC[C@@H]1C[C@H](O)CN1. The average molecular weight is 116 g/mol. The van der Waals surface area contributed by atoms with E-state index < -0.39 is 0 Å². The lowest BCUT2D eigenvalue weighted by Crippen LogP contribution is -2.29. The first-order valence-electron chi connectivity index (χ1n) is 2.94. The van der Waals surface area contributed by atoms with Gasteiger partial charge in [0.05, 0.1) is 6.10 Å². The van der Waals surface area contributed by atoms with Crippen molar-refractivity contribution in [3.05, 3.63) is 0 Å². The molecule has 3 nitrogen and oxygen atoms in total. The molecule has 1 aliphatic heterocycles. The molecule has 1 fully saturated rings. The Morgan fingerprint density at radius 3 is 2.75 bits per heavy atom. The van der Waals surface area contributed by atoms with Crippen LogP contribution < -0.4 is 11.1 Å². The summed E-state index contributed by atoms with van der Waals surface area (Å²) in [6.07, 6.45) is 0.653. The molecule has 2 atom stereocenters. The summed E-state index contributed by atoms with van der Waals surface area (Å²) < 4.78 is 0. The van der Waals surface area contributed by atoms with Crippen LogP contribution in [0, 0.1) is 0 Å². The summed E-state index contributed by atoms with van der Waals surface area (Å²) in [6.45, 7) is 1.35. The van der Waals surface area contributed by atoms with Crippen LogP contribution in [-0.4, -0.2) is 30.3 Å². The Balaban J connectivity index is 2.22. The van der Waals surface area contributed by atoms with E-state index >= 15 is 0 Å². The van der Waals surface area contributed by atoms with Gasteiger partial charge >= 0.3 is 0 Å². The van der Waals surface area contributed by atoms with Gasteiger partial charge in [-0.25, -0.2) is 0 Å². The highest BCUT2D eigenvalue weighted by Gasteiger charge is 2.19. The van der Waals surface area contributed by atoms with Crippen LogP contribution in [-0.2, 0) is 0 Å². The smallest absolute Gasteiger partial charge is 0.0680 e. The molecule has 0 amide bonds. The quantitative estimate of drug-likeness (QED) is 0.398. The topological polar surface area (TPSA) is 58.3 Å². The lowest BCUT2D eigenvalue weighted by atomic mass is 10.2. The molecule has 0 aliphatic carbocycles. The van der Waals surface area contributed by atoms with Crippen molar-refractivity contribution in [3.63, 3.8) is 0 Å². The van der Waals surface area contributed by atoms with E-state index in [9.17, 15) is 0 Å². The Kier molecular flexibility index (Phi) is 1.83. The Labute approximate surface area is 48.9 Å². The summed E-state index contributed by atoms with van der Waals surface area (Å²) in [6, 6.07) is 0.352. The number of aliphatic hydroxyl groups is 1.